The number of piperidine rings is 1. The molecule has 2 aliphatic rings. The average molecular weight is 425 g/mol. The van der Waals surface area contributed by atoms with Gasteiger partial charge < -0.3 is 14.0 Å². The second-order valence-electron chi connectivity index (χ2n) is 7.56. The summed E-state index contributed by atoms with van der Waals surface area (Å²) in [6, 6.07) is 6.08. The monoisotopic (exact) mass is 425 g/mol. The first kappa shape index (κ1) is 21.1. The molecule has 0 amide bonds. The van der Waals surface area contributed by atoms with Gasteiger partial charge in [0, 0.05) is 26.1 Å². The van der Waals surface area contributed by atoms with Crippen LogP contribution < -0.4 is 10.1 Å². The summed E-state index contributed by atoms with van der Waals surface area (Å²) in [5.41, 5.74) is 0.936. The quantitative estimate of drug-likeness (QED) is 0.733. The third-order valence-electron chi connectivity index (χ3n) is 5.48. The van der Waals surface area contributed by atoms with E-state index in [2.05, 4.69) is 25.1 Å². The van der Waals surface area contributed by atoms with Crippen LogP contribution in [-0.4, -0.2) is 60.4 Å². The summed E-state index contributed by atoms with van der Waals surface area (Å²) in [6.45, 7) is 5.22. The van der Waals surface area contributed by atoms with Crippen molar-refractivity contribution in [1.82, 2.24) is 20.4 Å². The van der Waals surface area contributed by atoms with Gasteiger partial charge in [0.1, 0.15) is 5.75 Å². The van der Waals surface area contributed by atoms with Crippen LogP contribution in [0.1, 0.15) is 42.5 Å². The summed E-state index contributed by atoms with van der Waals surface area (Å²) in [6.07, 6.45) is -3.30. The van der Waals surface area contributed by atoms with E-state index in [9.17, 15) is 13.2 Å². The van der Waals surface area contributed by atoms with Gasteiger partial charge >= 0.3 is 6.36 Å². The molecule has 1 radical (unpaired) electrons. The van der Waals surface area contributed by atoms with Gasteiger partial charge in [0.05, 0.1) is 25.3 Å². The van der Waals surface area contributed by atoms with E-state index in [1.165, 1.54) is 12.1 Å². The van der Waals surface area contributed by atoms with E-state index in [1.54, 1.807) is 12.1 Å². The van der Waals surface area contributed by atoms with Crippen molar-refractivity contribution in [1.29, 1.82) is 0 Å². The van der Waals surface area contributed by atoms with Gasteiger partial charge in [-0.05, 0) is 30.0 Å². The Balaban J connectivity index is 1.54. The maximum Gasteiger partial charge on any atom is 0.573 e. The lowest BCUT2D eigenvalue weighted by Gasteiger charge is -2.41. The fourth-order valence-corrected chi connectivity index (χ4v) is 4.04. The highest BCUT2D eigenvalue weighted by atomic mass is 19.4. The molecule has 2 aromatic rings. The van der Waals surface area contributed by atoms with Gasteiger partial charge in [0.15, 0.2) is 5.82 Å². The molecule has 1 aromatic carbocycles. The van der Waals surface area contributed by atoms with Crippen LogP contribution in [0.5, 0.6) is 5.75 Å². The number of nitrogens with zero attached hydrogens (tertiary/aromatic N) is 4. The smallest absolute Gasteiger partial charge is 0.406 e. The lowest BCUT2D eigenvalue weighted by Crippen LogP contribution is -2.53. The first-order valence-corrected chi connectivity index (χ1v) is 10.1. The summed E-state index contributed by atoms with van der Waals surface area (Å²) in [5, 5.41) is 8.69. The number of likely N-dealkylation sites (tertiary alicyclic amines) is 1. The number of alkyl halides is 3. The van der Waals surface area contributed by atoms with Gasteiger partial charge in [-0.1, -0.05) is 24.2 Å². The summed E-state index contributed by atoms with van der Waals surface area (Å²) >= 11 is 0. The minimum absolute atomic E-state index is 0.0137. The molecule has 0 aliphatic carbocycles. The standard InChI is InChI=1S/C20H24F3N4O3/c1-2-17-25-19(30-26-17)15-9-14(10-27(11-15)18-12-28-8-7-24-18)13-3-5-16(6-4-13)29-20(21,22)23/h3-6,14-15,18H,2,7-12H2,1H3. The van der Waals surface area contributed by atoms with Crippen LogP contribution in [0.15, 0.2) is 28.8 Å². The highest BCUT2D eigenvalue weighted by molar-refractivity contribution is 5.30. The van der Waals surface area contributed by atoms with Crippen LogP contribution in [0.25, 0.3) is 0 Å². The van der Waals surface area contributed by atoms with E-state index < -0.39 is 6.36 Å². The largest absolute Gasteiger partial charge is 0.573 e. The van der Waals surface area contributed by atoms with Crippen LogP contribution in [0.4, 0.5) is 13.2 Å². The molecule has 4 rings (SSSR count). The topological polar surface area (TPSA) is 74.7 Å². The molecule has 163 valence electrons. The zero-order valence-corrected chi connectivity index (χ0v) is 16.6. The fourth-order valence-electron chi connectivity index (χ4n) is 4.04. The van der Waals surface area contributed by atoms with E-state index in [0.29, 0.717) is 44.4 Å². The van der Waals surface area contributed by atoms with Crippen molar-refractivity contribution in [3.63, 3.8) is 0 Å². The fraction of sp³-hybridized carbons (Fsp3) is 0.600. The van der Waals surface area contributed by atoms with Crippen molar-refractivity contribution >= 4 is 0 Å². The number of aromatic nitrogens is 2. The number of halogens is 3. The molecule has 3 heterocycles. The van der Waals surface area contributed by atoms with Gasteiger partial charge in [-0.2, -0.15) is 4.98 Å². The zero-order chi connectivity index (χ0) is 21.1. The summed E-state index contributed by atoms with van der Waals surface area (Å²) in [7, 11) is 0. The van der Waals surface area contributed by atoms with Crippen molar-refractivity contribution in [3.05, 3.63) is 41.5 Å². The summed E-state index contributed by atoms with van der Waals surface area (Å²) in [5.74, 6) is 1.13. The molecule has 2 saturated heterocycles. The Labute approximate surface area is 172 Å². The number of hydrogen-bond acceptors (Lipinski definition) is 6. The van der Waals surface area contributed by atoms with E-state index in [4.69, 9.17) is 9.26 Å². The highest BCUT2D eigenvalue weighted by Gasteiger charge is 2.36. The van der Waals surface area contributed by atoms with Crippen LogP contribution in [0.2, 0.25) is 0 Å². The van der Waals surface area contributed by atoms with E-state index in [1.807, 2.05) is 6.92 Å². The molecular weight excluding hydrogens is 401 g/mol. The molecule has 0 saturated carbocycles. The number of aryl methyl sites for hydroxylation is 1. The van der Waals surface area contributed by atoms with Gasteiger partial charge in [0.2, 0.25) is 5.89 Å². The summed E-state index contributed by atoms with van der Waals surface area (Å²) in [4.78, 5) is 6.75. The van der Waals surface area contributed by atoms with E-state index in [0.717, 1.165) is 18.5 Å². The van der Waals surface area contributed by atoms with E-state index >= 15 is 0 Å². The number of ether oxygens (including phenoxy) is 2. The minimum atomic E-state index is -4.70. The molecule has 0 bridgehead atoms. The predicted molar refractivity (Wildman–Crippen MR) is 100 cm³/mol. The molecule has 10 heteroatoms. The third kappa shape index (κ3) is 5.11. The molecular formula is C20H24F3N4O3. The molecule has 30 heavy (non-hydrogen) atoms. The van der Waals surface area contributed by atoms with Crippen molar-refractivity contribution in [2.24, 2.45) is 0 Å². The Morgan fingerprint density at radius 1 is 1.17 bits per heavy atom. The van der Waals surface area contributed by atoms with Gasteiger partial charge in [-0.3, -0.25) is 4.90 Å². The van der Waals surface area contributed by atoms with Crippen LogP contribution in [0.3, 0.4) is 0 Å². The Morgan fingerprint density at radius 3 is 2.57 bits per heavy atom. The van der Waals surface area contributed by atoms with E-state index in [-0.39, 0.29) is 23.8 Å². The lowest BCUT2D eigenvalue weighted by atomic mass is 9.84. The van der Waals surface area contributed by atoms with Crippen LogP contribution in [-0.2, 0) is 11.2 Å². The normalized spacial score (nSPS) is 25.9. The molecule has 0 spiro atoms. The molecule has 1 aromatic heterocycles. The first-order chi connectivity index (χ1) is 14.4. The number of morpholine rings is 1. The second kappa shape index (κ2) is 8.91. The van der Waals surface area contributed by atoms with Crippen LogP contribution >= 0.6 is 0 Å². The minimum Gasteiger partial charge on any atom is -0.406 e. The Morgan fingerprint density at radius 2 is 1.93 bits per heavy atom. The molecule has 3 atom stereocenters. The van der Waals surface area contributed by atoms with Gasteiger partial charge in [-0.25, -0.2) is 5.32 Å². The third-order valence-corrected chi connectivity index (χ3v) is 5.48. The molecule has 3 unspecified atom stereocenters. The van der Waals surface area contributed by atoms with Gasteiger partial charge in [-0.15, -0.1) is 13.2 Å². The lowest BCUT2D eigenvalue weighted by molar-refractivity contribution is -0.274. The van der Waals surface area contributed by atoms with Crippen molar-refractivity contribution in [3.8, 4) is 5.75 Å². The number of hydrogen-bond donors (Lipinski definition) is 0. The SMILES string of the molecule is CCc1noc(C2CC(c3ccc(OC(F)(F)F)cc3)CN(C3COCC[N]3)C2)n1. The zero-order valence-electron chi connectivity index (χ0n) is 16.6. The maximum atomic E-state index is 12.4. The van der Waals surface area contributed by atoms with Crippen molar-refractivity contribution < 1.29 is 27.2 Å². The Hall–Kier alpha value is -2.17. The Kier molecular flexibility index (Phi) is 6.26. The summed E-state index contributed by atoms with van der Waals surface area (Å²) < 4.78 is 52.4. The average Bonchev–Trinajstić information content (AvgIpc) is 3.23. The van der Waals surface area contributed by atoms with Gasteiger partial charge in [0.25, 0.3) is 0 Å². The Bertz CT molecular complexity index is 821. The molecule has 7 nitrogen and oxygen atoms in total. The molecule has 2 aliphatic heterocycles. The predicted octanol–water partition coefficient (Wildman–Crippen LogP) is 3.06. The first-order valence-electron chi connectivity index (χ1n) is 10.1. The van der Waals surface area contributed by atoms with Crippen molar-refractivity contribution in [2.45, 2.75) is 44.1 Å². The number of benzene rings is 1. The van der Waals surface area contributed by atoms with Crippen LogP contribution in [0, 0.1) is 0 Å². The number of rotatable bonds is 5. The molecule has 2 fully saturated rings. The maximum absolute atomic E-state index is 12.4. The molecule has 0 N–H and O–H groups in total. The highest BCUT2D eigenvalue weighted by Crippen LogP contribution is 2.37. The second-order valence-corrected chi connectivity index (χ2v) is 7.56. The van der Waals surface area contributed by atoms with Crippen molar-refractivity contribution in [2.75, 3.05) is 32.8 Å².